The molecule has 0 aliphatic carbocycles. The van der Waals surface area contributed by atoms with E-state index in [0.29, 0.717) is 0 Å². The first kappa shape index (κ1) is 15.9. The van der Waals surface area contributed by atoms with E-state index in [1.165, 1.54) is 11.8 Å². The highest BCUT2D eigenvalue weighted by molar-refractivity contribution is 8.18. The molecule has 6 heteroatoms. The van der Waals surface area contributed by atoms with Gasteiger partial charge in [-0.15, -0.1) is 0 Å². The molecule has 0 saturated carbocycles. The van der Waals surface area contributed by atoms with Crippen LogP contribution in [-0.2, 0) is 4.79 Å². The van der Waals surface area contributed by atoms with Gasteiger partial charge in [0.1, 0.15) is 10.7 Å². The molecule has 2 aliphatic rings. The quantitative estimate of drug-likeness (QED) is 0.920. The summed E-state index contributed by atoms with van der Waals surface area (Å²) in [6.07, 6.45) is 1.04. The van der Waals surface area contributed by atoms with Crippen LogP contribution in [0.2, 0.25) is 0 Å². The molecule has 0 spiro atoms. The number of thioether (sulfide) groups is 1. The second-order valence-electron chi connectivity index (χ2n) is 5.82. The predicted molar refractivity (Wildman–Crippen MR) is 94.7 cm³/mol. The molecule has 0 saturated heterocycles. The Morgan fingerprint density at radius 2 is 2.09 bits per heavy atom. The van der Waals surface area contributed by atoms with Crippen LogP contribution in [0.1, 0.15) is 20.3 Å². The number of nitrogens with one attached hydrogen (secondary N) is 1. The smallest absolute Gasteiger partial charge is 0.264 e. The third-order valence-corrected chi connectivity index (χ3v) is 4.97. The van der Waals surface area contributed by atoms with Crippen molar-refractivity contribution in [2.45, 2.75) is 20.3 Å². The van der Waals surface area contributed by atoms with E-state index < -0.39 is 0 Å². The molecule has 0 bridgehead atoms. The van der Waals surface area contributed by atoms with E-state index in [0.717, 1.165) is 46.7 Å². The van der Waals surface area contributed by atoms with Crippen molar-refractivity contribution in [2.75, 3.05) is 25.5 Å². The topological polar surface area (TPSA) is 53.9 Å². The van der Waals surface area contributed by atoms with E-state index in [1.807, 2.05) is 24.3 Å². The number of methoxy groups -OCH3 is 1. The Morgan fingerprint density at radius 3 is 2.74 bits per heavy atom. The van der Waals surface area contributed by atoms with E-state index in [2.05, 4.69) is 29.1 Å². The molecule has 1 aromatic carbocycles. The van der Waals surface area contributed by atoms with E-state index in [9.17, 15) is 4.79 Å². The highest BCUT2D eigenvalue weighted by atomic mass is 32.2. The van der Waals surface area contributed by atoms with Gasteiger partial charge in [-0.1, -0.05) is 13.8 Å². The van der Waals surface area contributed by atoms with Crippen molar-refractivity contribution in [3.63, 3.8) is 0 Å². The molecule has 2 aliphatic heterocycles. The number of rotatable bonds is 4. The number of fused-ring (bicyclic) bond motifs is 1. The van der Waals surface area contributed by atoms with Crippen molar-refractivity contribution >= 4 is 28.5 Å². The summed E-state index contributed by atoms with van der Waals surface area (Å²) < 4.78 is 5.14. The zero-order valence-corrected chi connectivity index (χ0v) is 14.4. The lowest BCUT2D eigenvalue weighted by atomic mass is 10.1. The maximum absolute atomic E-state index is 12.7. The second kappa shape index (κ2) is 6.66. The van der Waals surface area contributed by atoms with Gasteiger partial charge >= 0.3 is 0 Å². The number of carbonyl (C=O) groups is 1. The Kier molecular flexibility index (Phi) is 4.61. The second-order valence-corrected chi connectivity index (χ2v) is 6.80. The zero-order valence-electron chi connectivity index (χ0n) is 13.6. The summed E-state index contributed by atoms with van der Waals surface area (Å²) in [5.74, 6) is 0.984. The summed E-state index contributed by atoms with van der Waals surface area (Å²) in [6, 6.07) is 7.36. The molecule has 0 unspecified atom stereocenters. The Balaban J connectivity index is 1.83. The molecule has 0 fully saturated rings. The first-order valence-electron chi connectivity index (χ1n) is 7.79. The number of hydrogen-bond donors (Lipinski definition) is 1. The number of nitrogens with zero attached hydrogens (tertiary/aromatic N) is 2. The largest absolute Gasteiger partial charge is 0.497 e. The van der Waals surface area contributed by atoms with Crippen LogP contribution in [0.15, 0.2) is 39.9 Å². The van der Waals surface area contributed by atoms with Crippen molar-refractivity contribution in [1.29, 1.82) is 0 Å². The van der Waals surface area contributed by atoms with Crippen molar-refractivity contribution in [2.24, 2.45) is 10.9 Å². The number of hydrogen-bond acceptors (Lipinski definition) is 5. The highest BCUT2D eigenvalue weighted by Gasteiger charge is 2.35. The minimum atomic E-state index is -0.0685. The van der Waals surface area contributed by atoms with Crippen LogP contribution < -0.4 is 10.1 Å². The van der Waals surface area contributed by atoms with Crippen LogP contribution in [0.3, 0.4) is 0 Å². The zero-order chi connectivity index (χ0) is 16.4. The van der Waals surface area contributed by atoms with Gasteiger partial charge in [0.2, 0.25) is 0 Å². The summed E-state index contributed by atoms with van der Waals surface area (Å²) in [6.45, 7) is 6.03. The Morgan fingerprint density at radius 1 is 1.35 bits per heavy atom. The number of benzene rings is 1. The van der Waals surface area contributed by atoms with Crippen LogP contribution in [-0.4, -0.2) is 36.2 Å². The number of ether oxygens (including phenoxy) is 1. The summed E-state index contributed by atoms with van der Waals surface area (Å²) in [5, 5.41) is 3.93. The molecule has 0 atom stereocenters. The third-order valence-electron chi connectivity index (χ3n) is 3.84. The average Bonchev–Trinajstić information content (AvgIpc) is 2.95. The molecule has 0 aromatic heterocycles. The number of aliphatic imine (C=N–C) groups is 1. The number of allylic oxidation sites excluding steroid dienone is 1. The number of anilines is 1. The lowest BCUT2D eigenvalue weighted by Crippen LogP contribution is -2.31. The molecular formula is C17H21N3O2S. The molecule has 2 heterocycles. The van der Waals surface area contributed by atoms with E-state index in [1.54, 1.807) is 7.11 Å². The molecule has 5 nitrogen and oxygen atoms in total. The van der Waals surface area contributed by atoms with Crippen molar-refractivity contribution in [1.82, 2.24) is 4.90 Å². The summed E-state index contributed by atoms with van der Waals surface area (Å²) in [5.41, 5.74) is 1.85. The Labute approximate surface area is 140 Å². The van der Waals surface area contributed by atoms with Gasteiger partial charge < -0.3 is 15.0 Å². The van der Waals surface area contributed by atoms with Gasteiger partial charge in [-0.25, -0.2) is 0 Å². The SMILES string of the molecule is COc1ccc(NC(=O)C2=C(C(C)C)N3CCCN=C3S2)cc1. The summed E-state index contributed by atoms with van der Waals surface area (Å²) in [7, 11) is 1.62. The van der Waals surface area contributed by atoms with Gasteiger partial charge in [0.25, 0.3) is 5.91 Å². The fraction of sp³-hybridized carbons (Fsp3) is 0.412. The molecular weight excluding hydrogens is 310 g/mol. The molecule has 1 N–H and O–H groups in total. The minimum absolute atomic E-state index is 0.0685. The van der Waals surface area contributed by atoms with Crippen molar-refractivity contribution < 1.29 is 9.53 Å². The lowest BCUT2D eigenvalue weighted by molar-refractivity contribution is -0.112. The molecule has 1 aromatic rings. The van der Waals surface area contributed by atoms with Gasteiger partial charge in [0.05, 0.1) is 7.11 Å². The van der Waals surface area contributed by atoms with Gasteiger partial charge in [0, 0.05) is 24.5 Å². The standard InChI is InChI=1S/C17H21N3O2S/c1-11(2)14-15(23-17-18-9-4-10-20(14)17)16(21)19-12-5-7-13(22-3)8-6-12/h5-8,11H,4,9-10H2,1-3H3,(H,19,21). The van der Waals surface area contributed by atoms with Crippen molar-refractivity contribution in [3.8, 4) is 5.75 Å². The third kappa shape index (κ3) is 3.22. The fourth-order valence-corrected chi connectivity index (χ4v) is 3.99. The van der Waals surface area contributed by atoms with E-state index in [-0.39, 0.29) is 11.8 Å². The van der Waals surface area contributed by atoms with Crippen LogP contribution in [0.25, 0.3) is 0 Å². The van der Waals surface area contributed by atoms with Crippen molar-refractivity contribution in [3.05, 3.63) is 34.9 Å². The molecule has 0 radical (unpaired) electrons. The average molecular weight is 331 g/mol. The highest BCUT2D eigenvalue weighted by Crippen LogP contribution is 2.40. The monoisotopic (exact) mass is 331 g/mol. The van der Waals surface area contributed by atoms with Crippen LogP contribution in [0.4, 0.5) is 5.69 Å². The maximum atomic E-state index is 12.7. The van der Waals surface area contributed by atoms with Crippen LogP contribution in [0.5, 0.6) is 5.75 Å². The number of amides is 1. The Bertz CT molecular complexity index is 665. The van der Waals surface area contributed by atoms with E-state index >= 15 is 0 Å². The Hall–Kier alpha value is -1.95. The van der Waals surface area contributed by atoms with Crippen LogP contribution >= 0.6 is 11.8 Å². The summed E-state index contributed by atoms with van der Waals surface area (Å²) in [4.78, 5) is 20.2. The molecule has 122 valence electrons. The predicted octanol–water partition coefficient (Wildman–Crippen LogP) is 3.31. The minimum Gasteiger partial charge on any atom is -0.497 e. The molecule has 1 amide bonds. The number of amidine groups is 1. The summed E-state index contributed by atoms with van der Waals surface area (Å²) >= 11 is 1.48. The molecule has 3 rings (SSSR count). The first-order valence-corrected chi connectivity index (χ1v) is 8.61. The van der Waals surface area contributed by atoms with Gasteiger partial charge in [-0.05, 0) is 48.4 Å². The van der Waals surface area contributed by atoms with Gasteiger partial charge in [0.15, 0.2) is 5.17 Å². The number of carbonyl (C=O) groups excluding carboxylic acids is 1. The van der Waals surface area contributed by atoms with E-state index in [4.69, 9.17) is 4.74 Å². The fourth-order valence-electron chi connectivity index (χ4n) is 2.76. The van der Waals surface area contributed by atoms with Gasteiger partial charge in [-0.2, -0.15) is 0 Å². The molecule has 23 heavy (non-hydrogen) atoms. The normalized spacial score (nSPS) is 17.2. The maximum Gasteiger partial charge on any atom is 0.264 e. The first-order chi connectivity index (χ1) is 11.1. The lowest BCUT2D eigenvalue weighted by Gasteiger charge is -2.27. The van der Waals surface area contributed by atoms with Crippen LogP contribution in [0, 0.1) is 5.92 Å². The van der Waals surface area contributed by atoms with Gasteiger partial charge in [-0.3, -0.25) is 9.79 Å².